The molecule has 1 aromatic heterocycles. The average Bonchev–Trinajstić information content (AvgIpc) is 3.39. The molecule has 1 amide bonds. The number of hydrogen-bond donors (Lipinski definition) is 1. The Balaban J connectivity index is 1.41. The third-order valence-electron chi connectivity index (χ3n) is 4.95. The maximum atomic E-state index is 13.3. The van der Waals surface area contributed by atoms with Crippen LogP contribution in [0.4, 0.5) is 10.1 Å². The highest BCUT2D eigenvalue weighted by molar-refractivity contribution is 7.99. The van der Waals surface area contributed by atoms with Crippen LogP contribution in [0.5, 0.6) is 0 Å². The number of carbonyl (C=O) groups excluding carboxylic acids is 1. The monoisotopic (exact) mass is 425 g/mol. The molecule has 0 spiro atoms. The molecule has 2 heterocycles. The fraction of sp³-hybridized carbons (Fsp3) is 0.318. The number of nitrogens with one attached hydrogen (secondary N) is 1. The topological polar surface area (TPSA) is 63.1 Å². The molecule has 0 atom stereocenters. The Hall–Kier alpha value is -2.71. The maximum Gasteiger partial charge on any atom is 0.225 e. The molecule has 0 unspecified atom stereocenters. The molecular formula is C22H24FN5OS. The van der Waals surface area contributed by atoms with E-state index >= 15 is 0 Å². The van der Waals surface area contributed by atoms with E-state index < -0.39 is 0 Å². The largest absolute Gasteiger partial charge is 0.326 e. The van der Waals surface area contributed by atoms with E-state index in [-0.39, 0.29) is 11.7 Å². The Bertz CT molecular complexity index is 988. The minimum Gasteiger partial charge on any atom is -0.326 e. The number of para-hydroxylation sites is 1. The van der Waals surface area contributed by atoms with Gasteiger partial charge in [-0.05, 0) is 56.3 Å². The number of carbonyl (C=O) groups is 1. The van der Waals surface area contributed by atoms with E-state index in [2.05, 4.69) is 25.0 Å². The molecule has 2 aromatic carbocycles. The van der Waals surface area contributed by atoms with Crippen LogP contribution in [0.1, 0.15) is 25.1 Å². The van der Waals surface area contributed by atoms with Crippen molar-refractivity contribution in [1.82, 2.24) is 19.7 Å². The van der Waals surface area contributed by atoms with E-state index in [4.69, 9.17) is 0 Å². The van der Waals surface area contributed by atoms with Crippen molar-refractivity contribution in [3.63, 3.8) is 0 Å². The zero-order chi connectivity index (χ0) is 20.8. The second-order valence-corrected chi connectivity index (χ2v) is 8.27. The smallest absolute Gasteiger partial charge is 0.225 e. The number of anilines is 1. The first kappa shape index (κ1) is 20.6. The third kappa shape index (κ3) is 5.25. The summed E-state index contributed by atoms with van der Waals surface area (Å²) in [6.07, 6.45) is 2.74. The molecule has 0 saturated carbocycles. The molecule has 3 aromatic rings. The van der Waals surface area contributed by atoms with E-state index in [9.17, 15) is 9.18 Å². The van der Waals surface area contributed by atoms with Crippen molar-refractivity contribution in [1.29, 1.82) is 0 Å². The normalized spacial score (nSPS) is 14.2. The van der Waals surface area contributed by atoms with Gasteiger partial charge >= 0.3 is 0 Å². The van der Waals surface area contributed by atoms with Gasteiger partial charge in [0, 0.05) is 23.5 Å². The molecule has 1 fully saturated rings. The Morgan fingerprint density at radius 1 is 1.07 bits per heavy atom. The van der Waals surface area contributed by atoms with Crippen molar-refractivity contribution in [3.05, 3.63) is 66.2 Å². The number of rotatable bonds is 8. The molecular weight excluding hydrogens is 401 g/mol. The van der Waals surface area contributed by atoms with Crippen LogP contribution in [-0.2, 0) is 11.3 Å². The SMILES string of the molecule is O=C(CCSc1nnc(CN2CCCC2)n1-c1ccccc1)Nc1cccc(F)c1. The summed E-state index contributed by atoms with van der Waals surface area (Å²) in [5.74, 6) is 0.935. The summed E-state index contributed by atoms with van der Waals surface area (Å²) in [6.45, 7) is 2.94. The number of likely N-dealkylation sites (tertiary alicyclic amines) is 1. The van der Waals surface area contributed by atoms with Gasteiger partial charge in [0.2, 0.25) is 5.91 Å². The molecule has 0 aliphatic carbocycles. The number of halogens is 1. The van der Waals surface area contributed by atoms with E-state index in [0.717, 1.165) is 36.3 Å². The summed E-state index contributed by atoms with van der Waals surface area (Å²) in [7, 11) is 0. The predicted molar refractivity (Wildman–Crippen MR) is 116 cm³/mol. The lowest BCUT2D eigenvalue weighted by Crippen LogP contribution is -2.21. The molecule has 1 saturated heterocycles. The highest BCUT2D eigenvalue weighted by Gasteiger charge is 2.19. The van der Waals surface area contributed by atoms with Gasteiger partial charge < -0.3 is 5.32 Å². The molecule has 1 aliphatic rings. The van der Waals surface area contributed by atoms with Gasteiger partial charge in [-0.2, -0.15) is 0 Å². The number of hydrogen-bond acceptors (Lipinski definition) is 5. The van der Waals surface area contributed by atoms with Crippen molar-refractivity contribution in [2.45, 2.75) is 31.0 Å². The van der Waals surface area contributed by atoms with Crippen molar-refractivity contribution in [3.8, 4) is 5.69 Å². The minimum atomic E-state index is -0.372. The maximum absolute atomic E-state index is 13.3. The first-order valence-electron chi connectivity index (χ1n) is 10.1. The van der Waals surface area contributed by atoms with Gasteiger partial charge in [-0.15, -0.1) is 10.2 Å². The molecule has 0 bridgehead atoms. The van der Waals surface area contributed by atoms with Crippen LogP contribution in [0, 0.1) is 5.82 Å². The summed E-state index contributed by atoms with van der Waals surface area (Å²) in [5.41, 5.74) is 1.48. The van der Waals surface area contributed by atoms with Gasteiger partial charge in [-0.3, -0.25) is 14.3 Å². The number of thioether (sulfide) groups is 1. The van der Waals surface area contributed by atoms with Crippen LogP contribution in [0.3, 0.4) is 0 Å². The zero-order valence-corrected chi connectivity index (χ0v) is 17.4. The fourth-order valence-corrected chi connectivity index (χ4v) is 4.41. The zero-order valence-electron chi connectivity index (χ0n) is 16.6. The highest BCUT2D eigenvalue weighted by Crippen LogP contribution is 2.24. The van der Waals surface area contributed by atoms with Gasteiger partial charge in [0.05, 0.1) is 6.54 Å². The molecule has 156 valence electrons. The van der Waals surface area contributed by atoms with Gasteiger partial charge in [0.25, 0.3) is 0 Å². The summed E-state index contributed by atoms with van der Waals surface area (Å²) in [5, 5.41) is 12.3. The standard InChI is InChI=1S/C22H24FN5OS/c23-17-7-6-8-18(15-17)24-21(29)11-14-30-22-26-25-20(16-27-12-4-5-13-27)28(22)19-9-2-1-3-10-19/h1-3,6-10,15H,4-5,11-14,16H2,(H,24,29). The Labute approximate surface area is 179 Å². The molecule has 8 heteroatoms. The van der Waals surface area contributed by atoms with Crippen molar-refractivity contribution in [2.24, 2.45) is 0 Å². The van der Waals surface area contributed by atoms with Crippen molar-refractivity contribution >= 4 is 23.4 Å². The second-order valence-electron chi connectivity index (χ2n) is 7.21. The quantitative estimate of drug-likeness (QED) is 0.550. The van der Waals surface area contributed by atoms with Crippen LogP contribution in [-0.4, -0.2) is 44.4 Å². The summed E-state index contributed by atoms with van der Waals surface area (Å²) in [4.78, 5) is 14.6. The van der Waals surface area contributed by atoms with E-state index in [1.54, 1.807) is 12.1 Å². The van der Waals surface area contributed by atoms with Crippen LogP contribution >= 0.6 is 11.8 Å². The first-order valence-corrected chi connectivity index (χ1v) is 11.1. The van der Waals surface area contributed by atoms with E-state index in [1.807, 2.05) is 30.3 Å². The summed E-state index contributed by atoms with van der Waals surface area (Å²) < 4.78 is 15.3. The second kappa shape index (κ2) is 9.86. The number of nitrogens with zero attached hydrogens (tertiary/aromatic N) is 4. The lowest BCUT2D eigenvalue weighted by molar-refractivity contribution is -0.115. The van der Waals surface area contributed by atoms with Crippen LogP contribution in [0.25, 0.3) is 5.69 Å². The predicted octanol–water partition coefficient (Wildman–Crippen LogP) is 4.12. The number of benzene rings is 2. The van der Waals surface area contributed by atoms with Crippen LogP contribution < -0.4 is 5.32 Å². The highest BCUT2D eigenvalue weighted by atomic mass is 32.2. The number of amides is 1. The lowest BCUT2D eigenvalue weighted by atomic mass is 10.3. The van der Waals surface area contributed by atoms with E-state index in [1.165, 1.54) is 36.7 Å². The third-order valence-corrected chi connectivity index (χ3v) is 5.88. The molecule has 1 aliphatic heterocycles. The molecule has 4 rings (SSSR count). The van der Waals surface area contributed by atoms with E-state index in [0.29, 0.717) is 17.9 Å². The van der Waals surface area contributed by atoms with Gasteiger partial charge in [-0.1, -0.05) is 36.0 Å². The van der Waals surface area contributed by atoms with Crippen molar-refractivity contribution in [2.75, 3.05) is 24.2 Å². The Kier molecular flexibility index (Phi) is 6.76. The van der Waals surface area contributed by atoms with Crippen LogP contribution in [0.2, 0.25) is 0 Å². The van der Waals surface area contributed by atoms with Gasteiger partial charge in [0.15, 0.2) is 11.0 Å². The summed E-state index contributed by atoms with van der Waals surface area (Å²) >= 11 is 1.50. The lowest BCUT2D eigenvalue weighted by Gasteiger charge is -2.16. The first-order chi connectivity index (χ1) is 14.7. The molecule has 0 radical (unpaired) electrons. The fourth-order valence-electron chi connectivity index (χ4n) is 3.50. The summed E-state index contributed by atoms with van der Waals surface area (Å²) in [6, 6.07) is 16.0. The van der Waals surface area contributed by atoms with Gasteiger partial charge in [0.1, 0.15) is 5.82 Å². The average molecular weight is 426 g/mol. The Morgan fingerprint density at radius 2 is 1.87 bits per heavy atom. The van der Waals surface area contributed by atoms with Gasteiger partial charge in [-0.25, -0.2) is 4.39 Å². The number of aromatic nitrogens is 3. The Morgan fingerprint density at radius 3 is 2.63 bits per heavy atom. The molecule has 6 nitrogen and oxygen atoms in total. The minimum absolute atomic E-state index is 0.156. The molecule has 1 N–H and O–H groups in total. The van der Waals surface area contributed by atoms with Crippen LogP contribution in [0.15, 0.2) is 59.8 Å². The van der Waals surface area contributed by atoms with Crippen molar-refractivity contribution < 1.29 is 9.18 Å². The molecule has 30 heavy (non-hydrogen) atoms.